The number of hydrogen-bond acceptors (Lipinski definition) is 2. The fraction of sp³-hybridized carbons (Fsp3) is 0.143. The van der Waals surface area contributed by atoms with Gasteiger partial charge in [-0.25, -0.2) is 0 Å². The fourth-order valence-corrected chi connectivity index (χ4v) is 2.74. The Hall–Kier alpha value is -1.43. The van der Waals surface area contributed by atoms with Crippen LogP contribution in [0, 0.1) is 3.70 Å². The first-order chi connectivity index (χ1) is 8.84. The summed E-state index contributed by atoms with van der Waals surface area (Å²) in [4.78, 5) is 4.34. The Kier molecular flexibility index (Phi) is 3.27. The van der Waals surface area contributed by atoms with Crippen LogP contribution in [0.3, 0.4) is 0 Å². The molecule has 4 heteroatoms. The van der Waals surface area contributed by atoms with Gasteiger partial charge in [0, 0.05) is 30.2 Å². The summed E-state index contributed by atoms with van der Waals surface area (Å²) in [5, 5.41) is 5.80. The topological polar surface area (TPSA) is 30.7 Å². The van der Waals surface area contributed by atoms with Crippen LogP contribution >= 0.6 is 22.6 Å². The molecule has 2 aromatic heterocycles. The summed E-state index contributed by atoms with van der Waals surface area (Å²) in [6, 6.07) is 14.3. The van der Waals surface area contributed by atoms with E-state index in [2.05, 4.69) is 67.7 Å². The summed E-state index contributed by atoms with van der Waals surface area (Å²) in [5.74, 6) is 0. The van der Waals surface area contributed by atoms with Crippen molar-refractivity contribution in [1.82, 2.24) is 14.8 Å². The molecule has 3 nitrogen and oxygen atoms in total. The Balaban J connectivity index is 1.87. The number of aromatic nitrogens is 3. The van der Waals surface area contributed by atoms with Crippen molar-refractivity contribution in [2.75, 3.05) is 0 Å². The first-order valence-electron chi connectivity index (χ1n) is 5.85. The molecule has 0 amide bonds. The Morgan fingerprint density at radius 2 is 1.89 bits per heavy atom. The highest BCUT2D eigenvalue weighted by molar-refractivity contribution is 14.1. The maximum absolute atomic E-state index is 4.58. The van der Waals surface area contributed by atoms with Gasteiger partial charge in [-0.15, -0.1) is 0 Å². The molecule has 18 heavy (non-hydrogen) atoms. The maximum atomic E-state index is 4.58. The Bertz CT molecular complexity index is 661. The number of benzene rings is 1. The second-order valence-electron chi connectivity index (χ2n) is 4.10. The molecule has 2 heterocycles. The highest BCUT2D eigenvalue weighted by atomic mass is 127. The molecule has 0 aliphatic rings. The molecule has 0 saturated carbocycles. The van der Waals surface area contributed by atoms with Crippen LogP contribution in [0.2, 0.25) is 0 Å². The Morgan fingerprint density at radius 3 is 2.72 bits per heavy atom. The first-order valence-corrected chi connectivity index (χ1v) is 6.93. The highest BCUT2D eigenvalue weighted by Crippen LogP contribution is 2.19. The minimum Gasteiger partial charge on any atom is -0.263 e. The maximum Gasteiger partial charge on any atom is 0.131 e. The summed E-state index contributed by atoms with van der Waals surface area (Å²) in [6.45, 7) is 0.862. The van der Waals surface area contributed by atoms with Crippen LogP contribution in [-0.2, 0) is 13.0 Å². The van der Waals surface area contributed by atoms with E-state index in [9.17, 15) is 0 Å². The fourth-order valence-electron chi connectivity index (χ4n) is 2.02. The van der Waals surface area contributed by atoms with Crippen molar-refractivity contribution in [2.45, 2.75) is 13.0 Å². The monoisotopic (exact) mass is 349 g/mol. The molecule has 0 radical (unpaired) electrons. The molecule has 0 aliphatic heterocycles. The number of para-hydroxylation sites is 1. The van der Waals surface area contributed by atoms with Gasteiger partial charge in [-0.2, -0.15) is 5.10 Å². The second kappa shape index (κ2) is 5.06. The van der Waals surface area contributed by atoms with E-state index in [1.54, 1.807) is 0 Å². The largest absolute Gasteiger partial charge is 0.263 e. The van der Waals surface area contributed by atoms with E-state index in [4.69, 9.17) is 0 Å². The number of nitrogens with zero attached hydrogens (tertiary/aromatic N) is 3. The van der Waals surface area contributed by atoms with Gasteiger partial charge in [-0.05, 0) is 40.8 Å². The average molecular weight is 349 g/mol. The number of rotatable bonds is 3. The molecule has 0 aliphatic carbocycles. The predicted octanol–water partition coefficient (Wildman–Crippen LogP) is 3.28. The standard InChI is InChI=1S/C14H12IN3/c15-14-12-6-1-2-7-13(12)18(17-14)10-8-11-5-3-4-9-16-11/h1-7,9H,8,10H2. The first kappa shape index (κ1) is 11.6. The molecule has 90 valence electrons. The minimum absolute atomic E-state index is 0.862. The number of hydrogen-bond donors (Lipinski definition) is 0. The van der Waals surface area contributed by atoms with E-state index in [1.807, 2.05) is 18.3 Å². The van der Waals surface area contributed by atoms with Crippen molar-refractivity contribution >= 4 is 33.5 Å². The summed E-state index contributed by atoms with van der Waals surface area (Å²) in [6.07, 6.45) is 2.74. The van der Waals surface area contributed by atoms with Crippen LogP contribution in [0.5, 0.6) is 0 Å². The second-order valence-corrected chi connectivity index (χ2v) is 5.12. The summed E-state index contributed by atoms with van der Waals surface area (Å²) in [5.41, 5.74) is 2.30. The third kappa shape index (κ3) is 2.25. The van der Waals surface area contributed by atoms with Gasteiger partial charge < -0.3 is 0 Å². The van der Waals surface area contributed by atoms with Gasteiger partial charge >= 0.3 is 0 Å². The predicted molar refractivity (Wildman–Crippen MR) is 80.4 cm³/mol. The van der Waals surface area contributed by atoms with Gasteiger partial charge in [-0.1, -0.05) is 24.3 Å². The lowest BCUT2D eigenvalue weighted by molar-refractivity contribution is 0.624. The Labute approximate surface area is 119 Å². The van der Waals surface area contributed by atoms with E-state index in [1.165, 1.54) is 10.9 Å². The van der Waals surface area contributed by atoms with E-state index in [0.717, 1.165) is 22.4 Å². The molecule has 0 bridgehead atoms. The van der Waals surface area contributed by atoms with Crippen molar-refractivity contribution in [2.24, 2.45) is 0 Å². The lowest BCUT2D eigenvalue weighted by Gasteiger charge is -2.02. The third-order valence-electron chi connectivity index (χ3n) is 2.92. The molecule has 0 spiro atoms. The normalized spacial score (nSPS) is 10.9. The van der Waals surface area contributed by atoms with Crippen LogP contribution in [-0.4, -0.2) is 14.8 Å². The Morgan fingerprint density at radius 1 is 1.06 bits per heavy atom. The van der Waals surface area contributed by atoms with Crippen LogP contribution in [0.25, 0.3) is 10.9 Å². The smallest absolute Gasteiger partial charge is 0.131 e. The average Bonchev–Trinajstić information content (AvgIpc) is 2.75. The summed E-state index contributed by atoms with van der Waals surface area (Å²) < 4.78 is 3.12. The number of pyridine rings is 1. The van der Waals surface area contributed by atoms with Gasteiger partial charge in [0.1, 0.15) is 3.70 Å². The van der Waals surface area contributed by atoms with Crippen molar-refractivity contribution in [3.8, 4) is 0 Å². The van der Waals surface area contributed by atoms with E-state index in [0.29, 0.717) is 0 Å². The van der Waals surface area contributed by atoms with Crippen molar-refractivity contribution in [3.05, 3.63) is 58.1 Å². The van der Waals surface area contributed by atoms with Gasteiger partial charge in [0.25, 0.3) is 0 Å². The minimum atomic E-state index is 0.862. The van der Waals surface area contributed by atoms with Crippen LogP contribution in [0.15, 0.2) is 48.7 Å². The SMILES string of the molecule is Ic1nn(CCc2ccccn2)c2ccccc12. The molecular formula is C14H12IN3. The zero-order chi connectivity index (χ0) is 12.4. The molecule has 0 unspecified atom stereocenters. The van der Waals surface area contributed by atoms with Gasteiger partial charge in [0.15, 0.2) is 0 Å². The van der Waals surface area contributed by atoms with Gasteiger partial charge in [0.2, 0.25) is 0 Å². The number of aryl methyl sites for hydroxylation is 2. The zero-order valence-electron chi connectivity index (χ0n) is 9.75. The van der Waals surface area contributed by atoms with Crippen molar-refractivity contribution in [3.63, 3.8) is 0 Å². The van der Waals surface area contributed by atoms with Crippen molar-refractivity contribution in [1.29, 1.82) is 0 Å². The number of halogens is 1. The third-order valence-corrected chi connectivity index (χ3v) is 3.72. The van der Waals surface area contributed by atoms with Crippen LogP contribution < -0.4 is 0 Å². The van der Waals surface area contributed by atoms with Crippen molar-refractivity contribution < 1.29 is 0 Å². The molecule has 0 atom stereocenters. The molecule has 0 saturated heterocycles. The zero-order valence-corrected chi connectivity index (χ0v) is 11.9. The molecule has 0 N–H and O–H groups in total. The lowest BCUT2D eigenvalue weighted by Crippen LogP contribution is -2.04. The molecule has 0 fully saturated rings. The highest BCUT2D eigenvalue weighted by Gasteiger charge is 2.07. The molecule has 3 aromatic rings. The summed E-state index contributed by atoms with van der Waals surface area (Å²) >= 11 is 2.29. The van der Waals surface area contributed by atoms with Gasteiger partial charge in [-0.3, -0.25) is 9.67 Å². The van der Waals surface area contributed by atoms with Crippen LogP contribution in [0.4, 0.5) is 0 Å². The summed E-state index contributed by atoms with van der Waals surface area (Å²) in [7, 11) is 0. The van der Waals surface area contributed by atoms with E-state index < -0.39 is 0 Å². The molecule has 1 aromatic carbocycles. The quantitative estimate of drug-likeness (QED) is 0.680. The van der Waals surface area contributed by atoms with Crippen LogP contribution in [0.1, 0.15) is 5.69 Å². The van der Waals surface area contributed by atoms with E-state index in [-0.39, 0.29) is 0 Å². The molecule has 3 rings (SSSR count). The number of fused-ring (bicyclic) bond motifs is 1. The molecular weight excluding hydrogens is 337 g/mol. The van der Waals surface area contributed by atoms with E-state index >= 15 is 0 Å². The van der Waals surface area contributed by atoms with Gasteiger partial charge in [0.05, 0.1) is 5.52 Å². The lowest BCUT2D eigenvalue weighted by atomic mass is 10.2.